The summed E-state index contributed by atoms with van der Waals surface area (Å²) in [5, 5.41) is 3.70. The minimum absolute atomic E-state index is 0.787. The summed E-state index contributed by atoms with van der Waals surface area (Å²) in [6.07, 6.45) is 11.4. The van der Waals surface area contributed by atoms with E-state index in [1.54, 1.807) is 0 Å². The van der Waals surface area contributed by atoms with E-state index in [0.29, 0.717) is 0 Å². The molecule has 4 heterocycles. The largest absolute Gasteiger partial charge is 0.315 e. The van der Waals surface area contributed by atoms with Crippen LogP contribution < -0.4 is 5.32 Å². The minimum Gasteiger partial charge on any atom is -0.315 e. The number of nitrogens with one attached hydrogen (secondary N) is 1. The summed E-state index contributed by atoms with van der Waals surface area (Å²) in [5.74, 6) is 0.890. The van der Waals surface area contributed by atoms with Crippen LogP contribution in [0.25, 0.3) is 0 Å². The molecule has 4 nitrogen and oxygen atoms in total. The summed E-state index contributed by atoms with van der Waals surface area (Å²) < 4.78 is 0. The van der Waals surface area contributed by atoms with Crippen molar-refractivity contribution in [3.8, 4) is 0 Å². The zero-order valence-corrected chi connectivity index (χ0v) is 15.6. The Kier molecular flexibility index (Phi) is 6.10. The summed E-state index contributed by atoms with van der Waals surface area (Å²) in [5.41, 5.74) is 0. The van der Waals surface area contributed by atoms with Gasteiger partial charge in [0.25, 0.3) is 0 Å². The fourth-order valence-corrected chi connectivity index (χ4v) is 5.66. The lowest BCUT2D eigenvalue weighted by Crippen LogP contribution is -2.54. The molecule has 3 atom stereocenters. The number of likely N-dealkylation sites (tertiary alicyclic amines) is 3. The van der Waals surface area contributed by atoms with Crippen LogP contribution in [0.5, 0.6) is 0 Å². The lowest BCUT2D eigenvalue weighted by atomic mass is 9.91. The van der Waals surface area contributed by atoms with E-state index in [9.17, 15) is 0 Å². The molecule has 0 aliphatic carbocycles. The third-order valence-electron chi connectivity index (χ3n) is 7.10. The second-order valence-electron chi connectivity index (χ2n) is 8.72. The molecule has 0 amide bonds. The molecule has 0 spiro atoms. The molecular formula is C20H38N4. The lowest BCUT2D eigenvalue weighted by molar-refractivity contribution is 0.0973. The van der Waals surface area contributed by atoms with E-state index in [1.807, 2.05) is 0 Å². The maximum absolute atomic E-state index is 3.70. The molecule has 4 fully saturated rings. The van der Waals surface area contributed by atoms with Gasteiger partial charge in [-0.3, -0.25) is 9.80 Å². The van der Waals surface area contributed by atoms with Crippen molar-refractivity contribution in [2.45, 2.75) is 63.5 Å². The van der Waals surface area contributed by atoms with E-state index in [-0.39, 0.29) is 0 Å². The predicted octanol–water partition coefficient (Wildman–Crippen LogP) is 2.01. The van der Waals surface area contributed by atoms with E-state index in [0.717, 1.165) is 18.0 Å². The summed E-state index contributed by atoms with van der Waals surface area (Å²) in [7, 11) is 0. The molecule has 4 saturated heterocycles. The van der Waals surface area contributed by atoms with Gasteiger partial charge in [-0.2, -0.15) is 0 Å². The average molecular weight is 335 g/mol. The molecular weight excluding hydrogens is 296 g/mol. The van der Waals surface area contributed by atoms with Crippen LogP contribution >= 0.6 is 0 Å². The van der Waals surface area contributed by atoms with Gasteiger partial charge >= 0.3 is 0 Å². The Bertz CT molecular complexity index is 374. The van der Waals surface area contributed by atoms with Gasteiger partial charge in [0.1, 0.15) is 0 Å². The van der Waals surface area contributed by atoms with Crippen LogP contribution in [0.3, 0.4) is 0 Å². The minimum atomic E-state index is 0.787. The van der Waals surface area contributed by atoms with Gasteiger partial charge in [0.05, 0.1) is 0 Å². The first kappa shape index (κ1) is 17.3. The number of piperidine rings is 1. The van der Waals surface area contributed by atoms with Gasteiger partial charge in [-0.25, -0.2) is 0 Å². The molecule has 0 saturated carbocycles. The fourth-order valence-electron chi connectivity index (χ4n) is 5.66. The first-order valence-electron chi connectivity index (χ1n) is 10.8. The molecule has 0 aromatic carbocycles. The maximum atomic E-state index is 3.70. The summed E-state index contributed by atoms with van der Waals surface area (Å²) in [6, 6.07) is 1.64. The van der Waals surface area contributed by atoms with Crippen LogP contribution in [-0.2, 0) is 0 Å². The first-order chi connectivity index (χ1) is 11.9. The van der Waals surface area contributed by atoms with Gasteiger partial charge in [0, 0.05) is 38.3 Å². The highest BCUT2D eigenvalue weighted by atomic mass is 15.3. The van der Waals surface area contributed by atoms with Crippen molar-refractivity contribution >= 4 is 0 Å². The molecule has 4 heteroatoms. The number of rotatable bonds is 4. The quantitative estimate of drug-likeness (QED) is 0.849. The zero-order valence-electron chi connectivity index (χ0n) is 15.6. The molecule has 24 heavy (non-hydrogen) atoms. The summed E-state index contributed by atoms with van der Waals surface area (Å²) in [6.45, 7) is 11.9. The van der Waals surface area contributed by atoms with Crippen molar-refractivity contribution < 1.29 is 0 Å². The Morgan fingerprint density at radius 1 is 0.750 bits per heavy atom. The van der Waals surface area contributed by atoms with Crippen LogP contribution in [0.15, 0.2) is 0 Å². The molecule has 4 rings (SSSR count). The Hall–Kier alpha value is -0.160. The number of hydrogen-bond acceptors (Lipinski definition) is 4. The van der Waals surface area contributed by atoms with Crippen molar-refractivity contribution in [1.29, 1.82) is 0 Å². The van der Waals surface area contributed by atoms with E-state index in [1.165, 1.54) is 110 Å². The molecule has 4 aliphatic rings. The third kappa shape index (κ3) is 4.14. The SMILES string of the molecule is C1CCCN(CC2CCNCC2N2CCC(N3CCCC3)C2)CC1. The Labute approximate surface area is 148 Å². The molecule has 138 valence electrons. The van der Waals surface area contributed by atoms with Crippen LogP contribution in [0.1, 0.15) is 51.4 Å². The summed E-state index contributed by atoms with van der Waals surface area (Å²) >= 11 is 0. The average Bonchev–Trinajstić information content (AvgIpc) is 3.24. The number of nitrogens with zero attached hydrogens (tertiary/aromatic N) is 3. The third-order valence-corrected chi connectivity index (χ3v) is 7.10. The Morgan fingerprint density at radius 3 is 2.29 bits per heavy atom. The van der Waals surface area contributed by atoms with Gasteiger partial charge in [-0.1, -0.05) is 12.8 Å². The molecule has 0 aromatic rings. The van der Waals surface area contributed by atoms with Crippen LogP contribution in [0.4, 0.5) is 0 Å². The highest BCUT2D eigenvalue weighted by Gasteiger charge is 2.37. The maximum Gasteiger partial charge on any atom is 0.0262 e. The molecule has 4 aliphatic heterocycles. The van der Waals surface area contributed by atoms with E-state index in [4.69, 9.17) is 0 Å². The second-order valence-corrected chi connectivity index (χ2v) is 8.72. The van der Waals surface area contributed by atoms with Gasteiger partial charge in [-0.15, -0.1) is 0 Å². The van der Waals surface area contributed by atoms with Crippen molar-refractivity contribution in [2.75, 3.05) is 58.9 Å². The van der Waals surface area contributed by atoms with Gasteiger partial charge in [0.2, 0.25) is 0 Å². The zero-order chi connectivity index (χ0) is 16.2. The molecule has 3 unspecified atom stereocenters. The van der Waals surface area contributed by atoms with Crippen molar-refractivity contribution in [2.24, 2.45) is 5.92 Å². The molecule has 0 aromatic heterocycles. The summed E-state index contributed by atoms with van der Waals surface area (Å²) in [4.78, 5) is 8.43. The van der Waals surface area contributed by atoms with Crippen molar-refractivity contribution in [3.05, 3.63) is 0 Å². The fraction of sp³-hybridized carbons (Fsp3) is 1.00. The number of hydrogen-bond donors (Lipinski definition) is 1. The van der Waals surface area contributed by atoms with Crippen LogP contribution in [0, 0.1) is 5.92 Å². The van der Waals surface area contributed by atoms with Crippen LogP contribution in [0.2, 0.25) is 0 Å². The monoisotopic (exact) mass is 334 g/mol. The standard InChI is InChI=1S/C20H38N4/c1-2-4-11-22(10-3-1)16-18-7-9-21-15-20(18)24-14-8-19(17-24)23-12-5-6-13-23/h18-21H,1-17H2. The Morgan fingerprint density at radius 2 is 1.50 bits per heavy atom. The predicted molar refractivity (Wildman–Crippen MR) is 100 cm³/mol. The normalized spacial score (nSPS) is 37.8. The van der Waals surface area contributed by atoms with E-state index < -0.39 is 0 Å². The first-order valence-corrected chi connectivity index (χ1v) is 10.8. The van der Waals surface area contributed by atoms with Gasteiger partial charge in [-0.05, 0) is 77.2 Å². The van der Waals surface area contributed by atoms with Crippen LogP contribution in [-0.4, -0.2) is 85.7 Å². The Balaban J connectivity index is 1.33. The highest BCUT2D eigenvalue weighted by molar-refractivity contribution is 4.94. The molecule has 0 radical (unpaired) electrons. The van der Waals surface area contributed by atoms with Gasteiger partial charge < -0.3 is 10.2 Å². The topological polar surface area (TPSA) is 21.8 Å². The van der Waals surface area contributed by atoms with Crippen molar-refractivity contribution in [1.82, 2.24) is 20.0 Å². The van der Waals surface area contributed by atoms with E-state index >= 15 is 0 Å². The van der Waals surface area contributed by atoms with Crippen molar-refractivity contribution in [3.63, 3.8) is 0 Å². The van der Waals surface area contributed by atoms with Gasteiger partial charge in [0.15, 0.2) is 0 Å². The lowest BCUT2D eigenvalue weighted by Gasteiger charge is -2.41. The molecule has 1 N–H and O–H groups in total. The smallest absolute Gasteiger partial charge is 0.0262 e. The second kappa shape index (κ2) is 8.48. The molecule has 0 bridgehead atoms. The highest BCUT2D eigenvalue weighted by Crippen LogP contribution is 2.27. The van der Waals surface area contributed by atoms with E-state index in [2.05, 4.69) is 20.0 Å².